The largest absolute Gasteiger partial charge is 0.461 e. The van der Waals surface area contributed by atoms with E-state index in [0.717, 1.165) is 17.5 Å². The number of esters is 1. The highest BCUT2D eigenvalue weighted by molar-refractivity contribution is 6.40. The Labute approximate surface area is 162 Å². The van der Waals surface area contributed by atoms with Gasteiger partial charge in [0.05, 0.1) is 12.5 Å². The Morgan fingerprint density at radius 1 is 1.26 bits per heavy atom. The molecule has 1 aliphatic carbocycles. The van der Waals surface area contributed by atoms with Crippen molar-refractivity contribution in [1.82, 2.24) is 5.43 Å². The van der Waals surface area contributed by atoms with Gasteiger partial charge in [-0.05, 0) is 43.0 Å². The fourth-order valence-corrected chi connectivity index (χ4v) is 4.14. The first-order chi connectivity index (χ1) is 13.1. The molecule has 2 aromatic rings. The summed E-state index contributed by atoms with van der Waals surface area (Å²) in [5.41, 5.74) is 4.76. The molecule has 0 amide bonds. The van der Waals surface area contributed by atoms with Gasteiger partial charge in [0.25, 0.3) is 0 Å². The summed E-state index contributed by atoms with van der Waals surface area (Å²) in [4.78, 5) is 26.0. The van der Waals surface area contributed by atoms with Gasteiger partial charge in [0.2, 0.25) is 0 Å². The molecule has 0 bridgehead atoms. The van der Waals surface area contributed by atoms with Crippen LogP contribution in [0.3, 0.4) is 0 Å². The number of Topliss-reactive ketones (excluding diaryl/α,β-unsaturated/α-hetero) is 1. The molecule has 2 unspecified atom stereocenters. The number of nitrogens with zero attached hydrogens (tertiary/aromatic N) is 1. The molecule has 2 aliphatic rings. The second-order valence-corrected chi connectivity index (χ2v) is 7.21. The molecule has 6 heteroatoms. The van der Waals surface area contributed by atoms with Crippen molar-refractivity contribution in [3.05, 3.63) is 70.2 Å². The summed E-state index contributed by atoms with van der Waals surface area (Å²) >= 11 is 6.04. The zero-order chi connectivity index (χ0) is 19.0. The van der Waals surface area contributed by atoms with E-state index in [1.54, 1.807) is 19.1 Å². The zero-order valence-electron chi connectivity index (χ0n) is 14.9. The molecule has 1 N–H and O–H groups in total. The fraction of sp³-hybridized carbons (Fsp3) is 0.286. The Bertz CT molecular complexity index is 939. The number of benzene rings is 2. The first kappa shape index (κ1) is 17.7. The number of hydrazone groups is 1. The third-order valence-electron chi connectivity index (χ3n) is 5.29. The van der Waals surface area contributed by atoms with Crippen LogP contribution in [0.5, 0.6) is 0 Å². The Kier molecular flexibility index (Phi) is 4.48. The van der Waals surface area contributed by atoms with Crippen molar-refractivity contribution in [1.29, 1.82) is 0 Å². The average Bonchev–Trinajstić information content (AvgIpc) is 3.06. The minimum absolute atomic E-state index is 0.0488. The van der Waals surface area contributed by atoms with Crippen LogP contribution in [0.15, 0.2) is 53.6 Å². The number of ether oxygens (including phenoxy) is 1. The number of carbonyl (C=O) groups excluding carboxylic acids is 2. The van der Waals surface area contributed by atoms with E-state index in [2.05, 4.69) is 10.5 Å². The van der Waals surface area contributed by atoms with Crippen LogP contribution in [0.4, 0.5) is 0 Å². The van der Waals surface area contributed by atoms with Gasteiger partial charge in [0, 0.05) is 10.6 Å². The van der Waals surface area contributed by atoms with E-state index in [-0.39, 0.29) is 18.1 Å². The van der Waals surface area contributed by atoms with Gasteiger partial charge in [-0.1, -0.05) is 48.0 Å². The van der Waals surface area contributed by atoms with E-state index in [1.165, 1.54) is 0 Å². The van der Waals surface area contributed by atoms with Gasteiger partial charge < -0.3 is 4.74 Å². The fourth-order valence-electron chi connectivity index (χ4n) is 4.02. The van der Waals surface area contributed by atoms with Crippen LogP contribution < -0.4 is 5.43 Å². The Morgan fingerprint density at radius 3 is 2.74 bits per heavy atom. The molecule has 0 fully saturated rings. The van der Waals surface area contributed by atoms with Gasteiger partial charge in [-0.15, -0.1) is 0 Å². The predicted molar refractivity (Wildman–Crippen MR) is 103 cm³/mol. The van der Waals surface area contributed by atoms with E-state index in [1.807, 2.05) is 36.4 Å². The molecule has 0 saturated carbocycles. The zero-order valence-corrected chi connectivity index (χ0v) is 15.6. The van der Waals surface area contributed by atoms with Gasteiger partial charge in [0.1, 0.15) is 5.54 Å². The van der Waals surface area contributed by atoms with Crippen LogP contribution in [-0.4, -0.2) is 29.6 Å². The molecule has 0 aromatic heterocycles. The van der Waals surface area contributed by atoms with Crippen molar-refractivity contribution in [3.8, 4) is 0 Å². The third kappa shape index (κ3) is 2.82. The van der Waals surface area contributed by atoms with Crippen molar-refractivity contribution in [2.45, 2.75) is 31.2 Å². The molecule has 5 nitrogen and oxygen atoms in total. The highest BCUT2D eigenvalue weighted by atomic mass is 35.5. The van der Waals surface area contributed by atoms with Crippen LogP contribution in [-0.2, 0) is 16.0 Å². The van der Waals surface area contributed by atoms with Gasteiger partial charge in [0.15, 0.2) is 11.5 Å². The summed E-state index contributed by atoms with van der Waals surface area (Å²) < 4.78 is 5.19. The summed E-state index contributed by atoms with van der Waals surface area (Å²) in [7, 11) is 0. The van der Waals surface area contributed by atoms with E-state index >= 15 is 0 Å². The predicted octanol–water partition coefficient (Wildman–Crippen LogP) is 3.51. The second kappa shape index (κ2) is 6.82. The lowest BCUT2D eigenvalue weighted by Crippen LogP contribution is -2.55. The molecular formula is C21H19ClN2O3. The van der Waals surface area contributed by atoms with Crippen LogP contribution in [0.25, 0.3) is 0 Å². The summed E-state index contributed by atoms with van der Waals surface area (Å²) in [5.74, 6) is -1.09. The molecular weight excluding hydrogens is 364 g/mol. The number of ketones is 1. The molecule has 0 saturated heterocycles. The van der Waals surface area contributed by atoms with E-state index < -0.39 is 17.4 Å². The molecule has 2 atom stereocenters. The summed E-state index contributed by atoms with van der Waals surface area (Å²) in [6.07, 6.45) is 1.27. The Hall–Kier alpha value is -2.66. The maximum Gasteiger partial charge on any atom is 0.355 e. The summed E-state index contributed by atoms with van der Waals surface area (Å²) in [6.45, 7) is 1.99. The van der Waals surface area contributed by atoms with Crippen LogP contribution in [0.1, 0.15) is 40.7 Å². The third-order valence-corrected chi connectivity index (χ3v) is 5.54. The van der Waals surface area contributed by atoms with Crippen molar-refractivity contribution in [3.63, 3.8) is 0 Å². The maximum absolute atomic E-state index is 13.5. The lowest BCUT2D eigenvalue weighted by molar-refractivity contribution is -0.135. The van der Waals surface area contributed by atoms with Crippen LogP contribution in [0.2, 0.25) is 5.02 Å². The van der Waals surface area contributed by atoms with Crippen molar-refractivity contribution < 1.29 is 14.3 Å². The lowest BCUT2D eigenvalue weighted by Gasteiger charge is -2.37. The topological polar surface area (TPSA) is 67.8 Å². The van der Waals surface area contributed by atoms with Crippen LogP contribution >= 0.6 is 11.6 Å². The van der Waals surface area contributed by atoms with Gasteiger partial charge in [-0.2, -0.15) is 5.10 Å². The smallest absolute Gasteiger partial charge is 0.355 e. The lowest BCUT2D eigenvalue weighted by atomic mass is 9.67. The Balaban J connectivity index is 1.82. The number of nitrogens with one attached hydrogen (secondary N) is 1. The van der Waals surface area contributed by atoms with Crippen LogP contribution in [0, 0.1) is 0 Å². The molecule has 1 spiro atoms. The first-order valence-electron chi connectivity index (χ1n) is 8.97. The SMILES string of the molecule is CCOC(=O)C1=NNC2(CCc3ccccc3C2=O)C1c1ccc(Cl)cc1. The standard InChI is InChI=1S/C21H19ClN2O3/c1-2-27-20(26)18-17(14-7-9-15(22)10-8-14)21(24-23-18)12-11-13-5-3-4-6-16(13)19(21)25/h3-10,17,24H,2,11-12H2,1H3. The molecule has 1 heterocycles. The number of fused-ring (bicyclic) bond motifs is 1. The number of hydrogen-bond donors (Lipinski definition) is 1. The summed E-state index contributed by atoms with van der Waals surface area (Å²) in [5, 5.41) is 4.86. The second-order valence-electron chi connectivity index (χ2n) is 6.77. The quantitative estimate of drug-likeness (QED) is 0.825. The molecule has 0 radical (unpaired) electrons. The molecule has 138 valence electrons. The summed E-state index contributed by atoms with van der Waals surface area (Å²) in [6, 6.07) is 14.8. The number of aryl methyl sites for hydroxylation is 1. The van der Waals surface area contributed by atoms with E-state index in [0.29, 0.717) is 17.0 Å². The van der Waals surface area contributed by atoms with Gasteiger partial charge >= 0.3 is 5.97 Å². The van der Waals surface area contributed by atoms with Gasteiger partial charge in [-0.25, -0.2) is 4.79 Å². The number of hydrogen-bond acceptors (Lipinski definition) is 5. The van der Waals surface area contributed by atoms with E-state index in [9.17, 15) is 9.59 Å². The number of carbonyl (C=O) groups is 2. The molecule has 2 aromatic carbocycles. The van der Waals surface area contributed by atoms with Gasteiger partial charge in [-0.3, -0.25) is 10.2 Å². The average molecular weight is 383 g/mol. The van der Waals surface area contributed by atoms with Crippen molar-refractivity contribution in [2.75, 3.05) is 6.61 Å². The maximum atomic E-state index is 13.5. The Morgan fingerprint density at radius 2 is 2.00 bits per heavy atom. The first-order valence-corrected chi connectivity index (χ1v) is 9.34. The molecule has 27 heavy (non-hydrogen) atoms. The van der Waals surface area contributed by atoms with Crippen molar-refractivity contribution >= 4 is 29.1 Å². The minimum Gasteiger partial charge on any atom is -0.461 e. The highest BCUT2D eigenvalue weighted by Crippen LogP contribution is 2.43. The molecule has 1 aliphatic heterocycles. The minimum atomic E-state index is -0.996. The van der Waals surface area contributed by atoms with Crippen molar-refractivity contribution in [2.24, 2.45) is 5.10 Å². The number of rotatable bonds is 3. The number of halogens is 1. The molecule has 4 rings (SSSR count). The highest BCUT2D eigenvalue weighted by Gasteiger charge is 2.56. The van der Waals surface area contributed by atoms with E-state index in [4.69, 9.17) is 16.3 Å². The normalized spacial score (nSPS) is 23.6. The monoisotopic (exact) mass is 382 g/mol.